The summed E-state index contributed by atoms with van der Waals surface area (Å²) in [6.45, 7) is 6.82. The third-order valence-corrected chi connectivity index (χ3v) is 8.31. The third kappa shape index (κ3) is 4.52. The molecule has 1 aliphatic carbocycles. The summed E-state index contributed by atoms with van der Waals surface area (Å²) in [4.78, 5) is 35.4. The number of nitrogens with zero attached hydrogens (tertiary/aromatic N) is 5. The number of hydrogen-bond acceptors (Lipinski definition) is 7. The molecule has 1 aromatic carbocycles. The number of aliphatic hydroxyl groups is 1. The Labute approximate surface area is 221 Å². The number of carbonyl (C=O) groups excluding carboxylic acids is 2. The van der Waals surface area contributed by atoms with Crippen molar-refractivity contribution in [3.8, 4) is 0 Å². The maximum atomic E-state index is 13.6. The van der Waals surface area contributed by atoms with Crippen LogP contribution in [0.3, 0.4) is 0 Å². The molecule has 2 fully saturated rings. The van der Waals surface area contributed by atoms with Crippen molar-refractivity contribution in [2.45, 2.75) is 57.7 Å². The predicted molar refractivity (Wildman–Crippen MR) is 142 cm³/mol. The number of ether oxygens (including phenoxy) is 1. The number of anilines is 2. The standard InChI is InChI=1S/C28H34N6O4/c1-28(2,37)19-4-6-20(7-5-19)33-17-18-14-23(24(15-21(18)27(33)36)32-10-12-38-13-11-32)31-26(35)22-16-30-34-9-3-8-29-25(22)34/h3,8-9,14-16,19-20,37H,4-7,10-13,17H2,1-2H3,(H,31,35)/t19-,20+. The highest BCUT2D eigenvalue weighted by Gasteiger charge is 2.38. The fourth-order valence-electron chi connectivity index (χ4n) is 6.10. The van der Waals surface area contributed by atoms with Crippen LogP contribution in [0.1, 0.15) is 65.8 Å². The number of hydrogen-bond donors (Lipinski definition) is 2. The number of fused-ring (bicyclic) bond motifs is 2. The zero-order valence-corrected chi connectivity index (χ0v) is 21.9. The number of rotatable bonds is 5. The Morgan fingerprint density at radius 3 is 2.66 bits per heavy atom. The van der Waals surface area contributed by atoms with E-state index in [0.29, 0.717) is 55.3 Å². The molecule has 0 bridgehead atoms. The van der Waals surface area contributed by atoms with E-state index in [1.54, 1.807) is 23.0 Å². The molecule has 0 spiro atoms. The Morgan fingerprint density at radius 2 is 1.92 bits per heavy atom. The van der Waals surface area contributed by atoms with Gasteiger partial charge in [-0.2, -0.15) is 5.10 Å². The topological polar surface area (TPSA) is 112 Å². The van der Waals surface area contributed by atoms with Crippen LogP contribution < -0.4 is 10.2 Å². The SMILES string of the molecule is CC(C)(O)[C@H]1CC[C@@H](N2Cc3cc(NC(=O)c4cnn5cccnc45)c(N4CCOCC4)cc3C2=O)CC1. The van der Waals surface area contributed by atoms with Crippen LogP contribution in [0, 0.1) is 5.92 Å². The zero-order chi connectivity index (χ0) is 26.4. The number of nitrogens with one attached hydrogen (secondary N) is 1. The lowest BCUT2D eigenvalue weighted by Crippen LogP contribution is -2.42. The van der Waals surface area contributed by atoms with E-state index in [4.69, 9.17) is 4.74 Å². The van der Waals surface area contributed by atoms with E-state index >= 15 is 0 Å². The van der Waals surface area contributed by atoms with Gasteiger partial charge in [-0.05, 0) is 69.2 Å². The number of aromatic nitrogens is 3. The van der Waals surface area contributed by atoms with E-state index in [2.05, 4.69) is 20.3 Å². The van der Waals surface area contributed by atoms with Crippen molar-refractivity contribution in [3.05, 3.63) is 53.5 Å². The minimum absolute atomic E-state index is 0.0472. The molecule has 3 aromatic rings. The minimum Gasteiger partial charge on any atom is -0.390 e. The zero-order valence-electron chi connectivity index (χ0n) is 21.9. The summed E-state index contributed by atoms with van der Waals surface area (Å²) in [5.41, 5.74) is 3.30. The van der Waals surface area contributed by atoms with E-state index in [-0.39, 0.29) is 23.8 Å². The van der Waals surface area contributed by atoms with Crippen LogP contribution in [0.15, 0.2) is 36.8 Å². The Balaban J connectivity index is 1.28. The second-order valence-electron chi connectivity index (χ2n) is 11.1. The molecule has 1 saturated heterocycles. The summed E-state index contributed by atoms with van der Waals surface area (Å²) < 4.78 is 7.12. The summed E-state index contributed by atoms with van der Waals surface area (Å²) in [7, 11) is 0. The van der Waals surface area contributed by atoms with Crippen molar-refractivity contribution in [2.75, 3.05) is 36.5 Å². The molecule has 4 heterocycles. The van der Waals surface area contributed by atoms with Crippen molar-refractivity contribution >= 4 is 28.8 Å². The lowest BCUT2D eigenvalue weighted by molar-refractivity contribution is -0.0106. The van der Waals surface area contributed by atoms with Gasteiger partial charge in [0.25, 0.3) is 11.8 Å². The van der Waals surface area contributed by atoms with Crippen molar-refractivity contribution in [1.29, 1.82) is 0 Å². The van der Waals surface area contributed by atoms with Gasteiger partial charge in [-0.15, -0.1) is 0 Å². The van der Waals surface area contributed by atoms with E-state index in [1.165, 1.54) is 6.20 Å². The van der Waals surface area contributed by atoms with Gasteiger partial charge in [0.05, 0.1) is 36.4 Å². The average molecular weight is 519 g/mol. The molecule has 10 nitrogen and oxygen atoms in total. The second-order valence-corrected chi connectivity index (χ2v) is 11.1. The molecule has 2 aromatic heterocycles. The molecule has 2 amide bonds. The minimum atomic E-state index is -0.695. The fourth-order valence-corrected chi connectivity index (χ4v) is 6.10. The van der Waals surface area contributed by atoms with Gasteiger partial charge in [-0.1, -0.05) is 0 Å². The van der Waals surface area contributed by atoms with E-state index in [0.717, 1.165) is 36.9 Å². The summed E-state index contributed by atoms with van der Waals surface area (Å²) in [5, 5.41) is 17.8. The molecule has 200 valence electrons. The van der Waals surface area contributed by atoms with Crippen molar-refractivity contribution in [1.82, 2.24) is 19.5 Å². The molecule has 6 rings (SSSR count). The maximum Gasteiger partial charge on any atom is 0.261 e. The molecule has 0 radical (unpaired) electrons. The average Bonchev–Trinajstić information content (AvgIpc) is 3.49. The maximum absolute atomic E-state index is 13.6. The van der Waals surface area contributed by atoms with Gasteiger partial charge in [0.2, 0.25) is 0 Å². The number of amides is 2. The summed E-state index contributed by atoms with van der Waals surface area (Å²) in [5.74, 6) is 0.00758. The van der Waals surface area contributed by atoms with Gasteiger partial charge in [0, 0.05) is 43.6 Å². The first kappa shape index (κ1) is 24.8. The van der Waals surface area contributed by atoms with E-state index < -0.39 is 5.60 Å². The second kappa shape index (κ2) is 9.67. The van der Waals surface area contributed by atoms with Gasteiger partial charge in [0.15, 0.2) is 5.65 Å². The molecule has 38 heavy (non-hydrogen) atoms. The molecule has 3 aliphatic rings. The van der Waals surface area contributed by atoms with E-state index in [9.17, 15) is 14.7 Å². The highest BCUT2D eigenvalue weighted by atomic mass is 16.5. The smallest absolute Gasteiger partial charge is 0.261 e. The highest BCUT2D eigenvalue weighted by molar-refractivity contribution is 6.10. The normalized spacial score (nSPS) is 22.1. The summed E-state index contributed by atoms with van der Waals surface area (Å²) in [6.07, 6.45) is 8.49. The van der Waals surface area contributed by atoms with Crippen molar-refractivity contribution in [2.24, 2.45) is 5.92 Å². The Hall–Kier alpha value is -3.50. The van der Waals surface area contributed by atoms with Crippen LogP contribution in [0.4, 0.5) is 11.4 Å². The first-order valence-electron chi connectivity index (χ1n) is 13.4. The molecule has 0 unspecified atom stereocenters. The summed E-state index contributed by atoms with van der Waals surface area (Å²) in [6, 6.07) is 5.81. The quantitative estimate of drug-likeness (QED) is 0.534. The van der Waals surface area contributed by atoms with Gasteiger partial charge >= 0.3 is 0 Å². The van der Waals surface area contributed by atoms with Gasteiger partial charge < -0.3 is 25.0 Å². The van der Waals surface area contributed by atoms with Crippen LogP contribution in [0.25, 0.3) is 5.65 Å². The monoisotopic (exact) mass is 518 g/mol. The Bertz CT molecular complexity index is 1370. The first-order chi connectivity index (χ1) is 18.3. The highest BCUT2D eigenvalue weighted by Crippen LogP contribution is 2.40. The third-order valence-electron chi connectivity index (χ3n) is 8.31. The molecule has 10 heteroatoms. The molecular weight excluding hydrogens is 484 g/mol. The van der Waals surface area contributed by atoms with Gasteiger partial charge in [-0.25, -0.2) is 9.50 Å². The summed E-state index contributed by atoms with van der Waals surface area (Å²) >= 11 is 0. The Morgan fingerprint density at radius 1 is 1.16 bits per heavy atom. The number of benzene rings is 1. The molecular formula is C28H34N6O4. The van der Waals surface area contributed by atoms with Crippen molar-refractivity contribution < 1.29 is 19.4 Å². The van der Waals surface area contributed by atoms with Gasteiger partial charge in [0.1, 0.15) is 5.56 Å². The van der Waals surface area contributed by atoms with Crippen molar-refractivity contribution in [3.63, 3.8) is 0 Å². The molecule has 1 saturated carbocycles. The predicted octanol–water partition coefficient (Wildman–Crippen LogP) is 3.10. The lowest BCUT2D eigenvalue weighted by Gasteiger charge is -2.39. The van der Waals surface area contributed by atoms with Crippen LogP contribution >= 0.6 is 0 Å². The van der Waals surface area contributed by atoms with Gasteiger partial charge in [-0.3, -0.25) is 9.59 Å². The molecule has 2 aliphatic heterocycles. The van der Waals surface area contributed by atoms with Crippen LogP contribution in [-0.4, -0.2) is 74.4 Å². The van der Waals surface area contributed by atoms with E-state index in [1.807, 2.05) is 30.9 Å². The molecule has 0 atom stereocenters. The first-order valence-corrected chi connectivity index (χ1v) is 13.4. The van der Waals surface area contributed by atoms with Crippen LogP contribution in [0.2, 0.25) is 0 Å². The van der Waals surface area contributed by atoms with Crippen LogP contribution in [0.5, 0.6) is 0 Å². The number of morpholine rings is 1. The number of carbonyl (C=O) groups is 2. The lowest BCUT2D eigenvalue weighted by atomic mass is 9.77. The Kier molecular flexibility index (Phi) is 6.31. The fraction of sp³-hybridized carbons (Fsp3) is 0.500. The largest absolute Gasteiger partial charge is 0.390 e. The van der Waals surface area contributed by atoms with Crippen LogP contribution in [-0.2, 0) is 11.3 Å². The molecule has 2 N–H and O–H groups in total.